The molecule has 0 unspecified atom stereocenters. The fraction of sp³-hybridized carbons (Fsp3) is 0.538. The molecule has 21 heavy (non-hydrogen) atoms. The summed E-state index contributed by atoms with van der Waals surface area (Å²) in [6.07, 6.45) is 0. The van der Waals surface area contributed by atoms with E-state index in [1.807, 2.05) is 13.8 Å². The minimum atomic E-state index is -4.05. The fourth-order valence-electron chi connectivity index (χ4n) is 1.57. The van der Waals surface area contributed by atoms with Crippen LogP contribution >= 0.6 is 11.6 Å². The molecular weight excluding hydrogens is 321 g/mol. The first kappa shape index (κ1) is 18.3. The molecule has 0 atom stereocenters. The van der Waals surface area contributed by atoms with Gasteiger partial charge in [-0.25, -0.2) is 17.5 Å². The van der Waals surface area contributed by atoms with Gasteiger partial charge < -0.3 is 9.84 Å². The molecule has 5 nitrogen and oxygen atoms in total. The second kappa shape index (κ2) is 8.05. The number of sulfonamides is 1. The molecule has 1 rings (SSSR count). The lowest BCUT2D eigenvalue weighted by atomic mass is 10.2. The number of aliphatic hydroxyl groups is 1. The number of ether oxygens (including phenoxy) is 1. The summed E-state index contributed by atoms with van der Waals surface area (Å²) < 4.78 is 45.5. The van der Waals surface area contributed by atoms with E-state index in [-0.39, 0.29) is 23.7 Å². The summed E-state index contributed by atoms with van der Waals surface area (Å²) >= 11 is 5.73. The molecule has 0 radical (unpaired) electrons. The molecule has 0 saturated carbocycles. The maximum atomic E-state index is 14.0. The summed E-state index contributed by atoms with van der Waals surface area (Å²) in [5.74, 6) is -0.656. The molecule has 0 spiro atoms. The zero-order valence-corrected chi connectivity index (χ0v) is 13.5. The van der Waals surface area contributed by atoms with Crippen molar-refractivity contribution in [3.8, 4) is 0 Å². The minimum absolute atomic E-state index is 0.0233. The SMILES string of the molecule is CC(C)COCCNS(=O)(=O)c1cc(Cl)cc(CO)c1F. The van der Waals surface area contributed by atoms with Crippen LogP contribution in [0, 0.1) is 11.7 Å². The Balaban J connectivity index is 2.77. The summed E-state index contributed by atoms with van der Waals surface area (Å²) in [4.78, 5) is -0.581. The molecule has 0 saturated heterocycles. The van der Waals surface area contributed by atoms with E-state index < -0.39 is 27.3 Å². The zero-order valence-electron chi connectivity index (χ0n) is 11.9. The third-order valence-corrected chi connectivity index (χ3v) is 4.21. The van der Waals surface area contributed by atoms with E-state index in [2.05, 4.69) is 4.72 Å². The van der Waals surface area contributed by atoms with Crippen molar-refractivity contribution in [3.63, 3.8) is 0 Å². The summed E-state index contributed by atoms with van der Waals surface area (Å²) in [7, 11) is -4.05. The Morgan fingerprint density at radius 1 is 1.43 bits per heavy atom. The van der Waals surface area contributed by atoms with Crippen LogP contribution in [0.15, 0.2) is 17.0 Å². The van der Waals surface area contributed by atoms with Crippen LogP contribution in [0.5, 0.6) is 0 Å². The van der Waals surface area contributed by atoms with Gasteiger partial charge in [0.25, 0.3) is 0 Å². The summed E-state index contributed by atoms with van der Waals surface area (Å²) in [6.45, 7) is 4.04. The minimum Gasteiger partial charge on any atom is -0.392 e. The molecule has 0 fully saturated rings. The number of aliphatic hydroxyl groups excluding tert-OH is 1. The largest absolute Gasteiger partial charge is 0.392 e. The molecule has 120 valence electrons. The highest BCUT2D eigenvalue weighted by Gasteiger charge is 2.21. The van der Waals surface area contributed by atoms with Crippen molar-refractivity contribution in [2.24, 2.45) is 5.92 Å². The van der Waals surface area contributed by atoms with Crippen molar-refractivity contribution in [2.75, 3.05) is 19.8 Å². The van der Waals surface area contributed by atoms with E-state index in [0.29, 0.717) is 12.5 Å². The molecule has 0 amide bonds. The van der Waals surface area contributed by atoms with E-state index in [9.17, 15) is 12.8 Å². The van der Waals surface area contributed by atoms with Gasteiger partial charge in [-0.05, 0) is 18.1 Å². The molecule has 0 aliphatic rings. The second-order valence-electron chi connectivity index (χ2n) is 4.90. The predicted octanol–water partition coefficient (Wildman–Crippen LogP) is 1.92. The Morgan fingerprint density at radius 2 is 2.10 bits per heavy atom. The Morgan fingerprint density at radius 3 is 2.67 bits per heavy atom. The highest BCUT2D eigenvalue weighted by atomic mass is 35.5. The van der Waals surface area contributed by atoms with Gasteiger partial charge in [0.15, 0.2) is 0 Å². The lowest BCUT2D eigenvalue weighted by Crippen LogP contribution is -2.28. The average Bonchev–Trinajstić information content (AvgIpc) is 2.40. The third-order valence-electron chi connectivity index (χ3n) is 2.53. The van der Waals surface area contributed by atoms with Crippen LogP contribution in [-0.4, -0.2) is 33.3 Å². The monoisotopic (exact) mass is 339 g/mol. The number of rotatable bonds is 8. The van der Waals surface area contributed by atoms with Gasteiger partial charge in [-0.3, -0.25) is 0 Å². The van der Waals surface area contributed by atoms with Crippen LogP contribution in [0.2, 0.25) is 5.02 Å². The van der Waals surface area contributed by atoms with Gasteiger partial charge in [0, 0.05) is 23.7 Å². The van der Waals surface area contributed by atoms with Gasteiger partial charge in [0.2, 0.25) is 10.0 Å². The van der Waals surface area contributed by atoms with Crippen LogP contribution in [-0.2, 0) is 21.4 Å². The van der Waals surface area contributed by atoms with Gasteiger partial charge >= 0.3 is 0 Å². The molecule has 0 aromatic heterocycles. The molecule has 1 aromatic carbocycles. The van der Waals surface area contributed by atoms with Crippen LogP contribution in [0.3, 0.4) is 0 Å². The van der Waals surface area contributed by atoms with Crippen LogP contribution in [0.25, 0.3) is 0 Å². The molecule has 8 heteroatoms. The van der Waals surface area contributed by atoms with Crippen molar-refractivity contribution in [3.05, 3.63) is 28.5 Å². The number of nitrogens with one attached hydrogen (secondary N) is 1. The van der Waals surface area contributed by atoms with E-state index in [1.165, 1.54) is 6.07 Å². The average molecular weight is 340 g/mol. The maximum Gasteiger partial charge on any atom is 0.243 e. The van der Waals surface area contributed by atoms with Crippen molar-refractivity contribution in [2.45, 2.75) is 25.3 Å². The first-order valence-corrected chi connectivity index (χ1v) is 8.30. The molecule has 2 N–H and O–H groups in total. The van der Waals surface area contributed by atoms with E-state index in [1.54, 1.807) is 0 Å². The lowest BCUT2D eigenvalue weighted by molar-refractivity contribution is 0.114. The number of hydrogen-bond donors (Lipinski definition) is 2. The third kappa shape index (κ3) is 5.52. The topological polar surface area (TPSA) is 75.6 Å². The predicted molar refractivity (Wildman–Crippen MR) is 78.2 cm³/mol. The summed E-state index contributed by atoms with van der Waals surface area (Å²) in [5.41, 5.74) is -0.168. The number of halogens is 2. The lowest BCUT2D eigenvalue weighted by Gasteiger charge is -2.11. The summed E-state index contributed by atoms with van der Waals surface area (Å²) in [6, 6.07) is 2.19. The number of benzene rings is 1. The van der Waals surface area contributed by atoms with Crippen molar-refractivity contribution in [1.29, 1.82) is 0 Å². The Hall–Kier alpha value is -0.730. The fourth-order valence-corrected chi connectivity index (χ4v) is 3.04. The van der Waals surface area contributed by atoms with E-state index >= 15 is 0 Å². The molecule has 0 aliphatic carbocycles. The van der Waals surface area contributed by atoms with Gasteiger partial charge in [-0.2, -0.15) is 0 Å². The van der Waals surface area contributed by atoms with E-state index in [0.717, 1.165) is 6.07 Å². The Kier molecular flexibility index (Phi) is 7.02. The van der Waals surface area contributed by atoms with Crippen LogP contribution < -0.4 is 4.72 Å². The normalized spacial score (nSPS) is 12.1. The smallest absolute Gasteiger partial charge is 0.243 e. The standard InChI is InChI=1S/C13H19ClFNO4S/c1-9(2)8-20-4-3-16-21(18,19)12-6-11(14)5-10(7-17)13(12)15/h5-6,9,16-17H,3-4,7-8H2,1-2H3. The van der Waals surface area contributed by atoms with Crippen LogP contribution in [0.1, 0.15) is 19.4 Å². The Labute approximate surface area is 129 Å². The highest BCUT2D eigenvalue weighted by Crippen LogP contribution is 2.23. The summed E-state index contributed by atoms with van der Waals surface area (Å²) in [5, 5.41) is 9.04. The van der Waals surface area contributed by atoms with Gasteiger partial charge in [-0.15, -0.1) is 0 Å². The Bertz CT molecular complexity index is 578. The quantitative estimate of drug-likeness (QED) is 0.709. The molecule has 0 aliphatic heterocycles. The van der Waals surface area contributed by atoms with Crippen molar-refractivity contribution in [1.82, 2.24) is 4.72 Å². The van der Waals surface area contributed by atoms with Gasteiger partial charge in [0.05, 0.1) is 13.2 Å². The maximum absolute atomic E-state index is 14.0. The highest BCUT2D eigenvalue weighted by molar-refractivity contribution is 7.89. The molecule has 1 aromatic rings. The zero-order chi connectivity index (χ0) is 16.0. The van der Waals surface area contributed by atoms with Gasteiger partial charge in [-0.1, -0.05) is 25.4 Å². The first-order valence-electron chi connectivity index (χ1n) is 6.44. The van der Waals surface area contributed by atoms with Crippen LogP contribution in [0.4, 0.5) is 4.39 Å². The van der Waals surface area contributed by atoms with Crippen molar-refractivity contribution >= 4 is 21.6 Å². The number of hydrogen-bond acceptors (Lipinski definition) is 4. The van der Waals surface area contributed by atoms with Gasteiger partial charge in [0.1, 0.15) is 10.7 Å². The second-order valence-corrected chi connectivity index (χ2v) is 7.07. The molecular formula is C13H19ClFNO4S. The molecule has 0 bridgehead atoms. The van der Waals surface area contributed by atoms with E-state index in [4.69, 9.17) is 21.4 Å². The molecule has 0 heterocycles. The van der Waals surface area contributed by atoms with Crippen molar-refractivity contribution < 1.29 is 22.7 Å². The first-order chi connectivity index (χ1) is 9.77.